The molecule has 0 atom stereocenters. The van der Waals surface area contributed by atoms with Crippen molar-refractivity contribution in [2.45, 2.75) is 0 Å². The van der Waals surface area contributed by atoms with Crippen LogP contribution in [0.25, 0.3) is 0 Å². The topological polar surface area (TPSA) is 111 Å². The number of phenolic OH excluding ortho intramolecular Hbond substituents is 1. The van der Waals surface area contributed by atoms with Crippen molar-refractivity contribution in [1.82, 2.24) is 15.2 Å². The molecule has 0 aliphatic carbocycles. The number of nitrogens with two attached hydrogens (primary N) is 1. The molecule has 0 unspecified atom stereocenters. The van der Waals surface area contributed by atoms with Crippen LogP contribution in [0.4, 0.5) is 0 Å². The third kappa shape index (κ3) is 2.65. The van der Waals surface area contributed by atoms with E-state index in [1.165, 1.54) is 12.1 Å². The number of carbonyl (C=O) groups is 1. The van der Waals surface area contributed by atoms with E-state index in [4.69, 9.17) is 10.5 Å². The molecule has 1 heterocycles. The molecular formula is C10H8N4O3. The van der Waals surface area contributed by atoms with E-state index < -0.39 is 5.91 Å². The number of hydrogen-bond acceptors (Lipinski definition) is 6. The third-order valence-corrected chi connectivity index (χ3v) is 1.82. The Morgan fingerprint density at radius 1 is 1.35 bits per heavy atom. The predicted octanol–water partition coefficient (Wildman–Crippen LogP) is 0.468. The van der Waals surface area contributed by atoms with Gasteiger partial charge in [0.2, 0.25) is 0 Å². The van der Waals surface area contributed by atoms with Crippen LogP contribution in [0.5, 0.6) is 17.5 Å². The molecule has 17 heavy (non-hydrogen) atoms. The van der Waals surface area contributed by atoms with Gasteiger partial charge in [-0.1, -0.05) is 11.2 Å². The number of ether oxygens (including phenoxy) is 1. The quantitative estimate of drug-likeness (QED) is 0.795. The lowest BCUT2D eigenvalue weighted by Crippen LogP contribution is -2.14. The van der Waals surface area contributed by atoms with Gasteiger partial charge >= 0.3 is 6.01 Å². The number of benzene rings is 1. The Hall–Kier alpha value is -2.70. The van der Waals surface area contributed by atoms with Crippen LogP contribution in [-0.2, 0) is 0 Å². The molecule has 7 nitrogen and oxygen atoms in total. The number of hydrogen-bond donors (Lipinski definition) is 2. The van der Waals surface area contributed by atoms with Crippen LogP contribution in [0, 0.1) is 0 Å². The number of carbonyl (C=O) groups excluding carboxylic acids is 1. The highest BCUT2D eigenvalue weighted by Crippen LogP contribution is 2.21. The van der Waals surface area contributed by atoms with Crippen LogP contribution in [0.3, 0.4) is 0 Å². The SMILES string of the molecule is NC(=O)c1cnc(Oc2cccc(O)c2)nn1. The summed E-state index contributed by atoms with van der Waals surface area (Å²) in [4.78, 5) is 14.5. The monoisotopic (exact) mass is 232 g/mol. The summed E-state index contributed by atoms with van der Waals surface area (Å²) in [5, 5.41) is 16.3. The maximum Gasteiger partial charge on any atom is 0.341 e. The lowest BCUT2D eigenvalue weighted by molar-refractivity contribution is 0.0994. The molecule has 0 spiro atoms. The van der Waals surface area contributed by atoms with Gasteiger partial charge in [0.05, 0.1) is 6.20 Å². The van der Waals surface area contributed by atoms with Gasteiger partial charge < -0.3 is 15.6 Å². The number of phenols is 1. The molecule has 1 amide bonds. The zero-order chi connectivity index (χ0) is 12.3. The number of primary amides is 1. The number of nitrogens with zero attached hydrogens (tertiary/aromatic N) is 3. The van der Waals surface area contributed by atoms with Crippen LogP contribution >= 0.6 is 0 Å². The van der Waals surface area contributed by atoms with Gasteiger partial charge in [-0.2, -0.15) is 4.98 Å². The summed E-state index contributed by atoms with van der Waals surface area (Å²) >= 11 is 0. The Morgan fingerprint density at radius 2 is 2.18 bits per heavy atom. The van der Waals surface area contributed by atoms with Crippen molar-refractivity contribution in [2.75, 3.05) is 0 Å². The van der Waals surface area contributed by atoms with Crippen molar-refractivity contribution < 1.29 is 14.6 Å². The van der Waals surface area contributed by atoms with Gasteiger partial charge in [-0.05, 0) is 12.1 Å². The first kappa shape index (κ1) is 10.8. The van der Waals surface area contributed by atoms with Crippen LogP contribution in [0.1, 0.15) is 10.5 Å². The van der Waals surface area contributed by atoms with Crippen LogP contribution in [-0.4, -0.2) is 26.2 Å². The second kappa shape index (κ2) is 4.44. The average Bonchev–Trinajstić information content (AvgIpc) is 2.29. The first-order valence-electron chi connectivity index (χ1n) is 4.61. The van der Waals surface area contributed by atoms with Crippen molar-refractivity contribution in [1.29, 1.82) is 0 Å². The fourth-order valence-corrected chi connectivity index (χ4v) is 1.08. The Kier molecular flexibility index (Phi) is 2.82. The van der Waals surface area contributed by atoms with Crippen LogP contribution in [0.2, 0.25) is 0 Å². The van der Waals surface area contributed by atoms with Crippen molar-refractivity contribution in [3.63, 3.8) is 0 Å². The van der Waals surface area contributed by atoms with Gasteiger partial charge in [0.25, 0.3) is 5.91 Å². The molecular weight excluding hydrogens is 224 g/mol. The second-order valence-electron chi connectivity index (χ2n) is 3.09. The highest BCUT2D eigenvalue weighted by atomic mass is 16.5. The zero-order valence-corrected chi connectivity index (χ0v) is 8.57. The van der Waals surface area contributed by atoms with E-state index in [2.05, 4.69) is 15.2 Å². The molecule has 0 aliphatic rings. The van der Waals surface area contributed by atoms with Crippen molar-refractivity contribution in [2.24, 2.45) is 5.73 Å². The van der Waals surface area contributed by atoms with Gasteiger partial charge in [0, 0.05) is 6.07 Å². The number of aromatic hydroxyl groups is 1. The summed E-state index contributed by atoms with van der Waals surface area (Å²) in [6.45, 7) is 0. The zero-order valence-electron chi connectivity index (χ0n) is 8.57. The van der Waals surface area contributed by atoms with E-state index >= 15 is 0 Å². The summed E-state index contributed by atoms with van der Waals surface area (Å²) < 4.78 is 5.20. The number of rotatable bonds is 3. The lowest BCUT2D eigenvalue weighted by atomic mass is 10.3. The third-order valence-electron chi connectivity index (χ3n) is 1.82. The minimum atomic E-state index is -0.714. The Labute approximate surface area is 95.9 Å². The smallest absolute Gasteiger partial charge is 0.341 e. The molecule has 2 aromatic rings. The van der Waals surface area contributed by atoms with E-state index in [9.17, 15) is 9.90 Å². The minimum Gasteiger partial charge on any atom is -0.508 e. The fourth-order valence-electron chi connectivity index (χ4n) is 1.08. The summed E-state index contributed by atoms with van der Waals surface area (Å²) in [6, 6.07) is 6.08. The largest absolute Gasteiger partial charge is 0.508 e. The van der Waals surface area contributed by atoms with Crippen LogP contribution in [0.15, 0.2) is 30.5 Å². The molecule has 0 bridgehead atoms. The average molecular weight is 232 g/mol. The molecule has 3 N–H and O–H groups in total. The maximum absolute atomic E-state index is 10.7. The van der Waals surface area contributed by atoms with E-state index in [0.717, 1.165) is 6.20 Å². The normalized spacial score (nSPS) is 9.88. The van der Waals surface area contributed by atoms with E-state index in [-0.39, 0.29) is 17.5 Å². The molecule has 86 valence electrons. The van der Waals surface area contributed by atoms with E-state index in [0.29, 0.717) is 5.75 Å². The molecule has 1 aromatic heterocycles. The van der Waals surface area contributed by atoms with Gasteiger partial charge in [-0.15, -0.1) is 5.10 Å². The van der Waals surface area contributed by atoms with Gasteiger partial charge in [-0.25, -0.2) is 0 Å². The summed E-state index contributed by atoms with van der Waals surface area (Å²) in [6.07, 6.45) is 1.16. The van der Waals surface area contributed by atoms with Crippen LogP contribution < -0.4 is 10.5 Å². The molecule has 2 rings (SSSR count). The summed E-state index contributed by atoms with van der Waals surface area (Å²) in [5.74, 6) is -0.295. The van der Waals surface area contributed by atoms with Crippen molar-refractivity contribution in [3.05, 3.63) is 36.2 Å². The summed E-state index contributed by atoms with van der Waals surface area (Å²) in [5.41, 5.74) is 4.93. The van der Waals surface area contributed by atoms with Gasteiger partial charge in [0.15, 0.2) is 5.69 Å². The summed E-state index contributed by atoms with van der Waals surface area (Å²) in [7, 11) is 0. The van der Waals surface area contributed by atoms with Crippen molar-refractivity contribution in [3.8, 4) is 17.5 Å². The Balaban J connectivity index is 2.16. The first-order chi connectivity index (χ1) is 8.15. The standard InChI is InChI=1S/C10H8N4O3/c11-9(16)8-5-12-10(14-13-8)17-7-3-1-2-6(15)4-7/h1-5,15H,(H2,11,16). The molecule has 0 fully saturated rings. The number of amides is 1. The molecule has 0 aliphatic heterocycles. The van der Waals surface area contributed by atoms with E-state index in [1.54, 1.807) is 12.1 Å². The maximum atomic E-state index is 10.7. The number of aromatic nitrogens is 3. The highest BCUT2D eigenvalue weighted by molar-refractivity contribution is 5.90. The molecule has 7 heteroatoms. The van der Waals surface area contributed by atoms with E-state index in [1.807, 2.05) is 0 Å². The second-order valence-corrected chi connectivity index (χ2v) is 3.09. The van der Waals surface area contributed by atoms with Crippen molar-refractivity contribution >= 4 is 5.91 Å². The molecule has 0 saturated heterocycles. The fraction of sp³-hybridized carbons (Fsp3) is 0. The van der Waals surface area contributed by atoms with Gasteiger partial charge in [-0.3, -0.25) is 4.79 Å². The minimum absolute atomic E-state index is 0.0411. The van der Waals surface area contributed by atoms with Gasteiger partial charge in [0.1, 0.15) is 11.5 Å². The highest BCUT2D eigenvalue weighted by Gasteiger charge is 2.06. The Bertz CT molecular complexity index is 542. The first-order valence-corrected chi connectivity index (χ1v) is 4.61. The Morgan fingerprint density at radius 3 is 2.76 bits per heavy atom. The molecule has 0 radical (unpaired) electrons. The lowest BCUT2D eigenvalue weighted by Gasteiger charge is -2.02. The molecule has 1 aromatic carbocycles. The molecule has 0 saturated carbocycles. The predicted molar refractivity (Wildman–Crippen MR) is 56.5 cm³/mol.